The molecule has 1 N–H and O–H groups in total. The zero-order valence-electron chi connectivity index (χ0n) is 18.0. The molecule has 32 heavy (non-hydrogen) atoms. The lowest BCUT2D eigenvalue weighted by Gasteiger charge is -2.15. The number of amides is 1. The fourth-order valence-corrected chi connectivity index (χ4v) is 4.04. The van der Waals surface area contributed by atoms with Crippen molar-refractivity contribution >= 4 is 23.4 Å². The molecule has 0 bridgehead atoms. The molecule has 0 saturated heterocycles. The van der Waals surface area contributed by atoms with Crippen molar-refractivity contribution in [1.82, 2.24) is 19.7 Å². The smallest absolute Gasteiger partial charge is 0.237 e. The average molecular weight is 446 g/mol. The molecule has 2 aromatic heterocycles. The highest BCUT2D eigenvalue weighted by atomic mass is 32.2. The second kappa shape index (κ2) is 9.65. The number of rotatable bonds is 7. The van der Waals surface area contributed by atoms with Crippen molar-refractivity contribution in [2.75, 3.05) is 12.4 Å². The summed E-state index contributed by atoms with van der Waals surface area (Å²) in [5.74, 6) is 1.28. The van der Waals surface area contributed by atoms with Crippen molar-refractivity contribution in [1.29, 1.82) is 0 Å². The van der Waals surface area contributed by atoms with Crippen LogP contribution < -0.4 is 10.1 Å². The number of nitrogens with zero attached hydrogens (tertiary/aromatic N) is 4. The summed E-state index contributed by atoms with van der Waals surface area (Å²) in [6, 6.07) is 19.1. The maximum absolute atomic E-state index is 12.9. The van der Waals surface area contributed by atoms with Gasteiger partial charge in [0, 0.05) is 29.7 Å². The van der Waals surface area contributed by atoms with E-state index in [1.165, 1.54) is 11.8 Å². The van der Waals surface area contributed by atoms with Gasteiger partial charge in [0.1, 0.15) is 5.75 Å². The summed E-state index contributed by atoms with van der Waals surface area (Å²) < 4.78 is 7.33. The normalized spacial score (nSPS) is 11.7. The lowest BCUT2D eigenvalue weighted by atomic mass is 10.2. The lowest BCUT2D eigenvalue weighted by Crippen LogP contribution is -2.23. The Labute approximate surface area is 190 Å². The number of benzene rings is 2. The Balaban J connectivity index is 1.67. The first-order valence-electron chi connectivity index (χ1n) is 10.1. The molecule has 0 spiro atoms. The van der Waals surface area contributed by atoms with Crippen LogP contribution in [0.15, 0.2) is 78.2 Å². The van der Waals surface area contributed by atoms with Gasteiger partial charge in [-0.2, -0.15) is 0 Å². The summed E-state index contributed by atoms with van der Waals surface area (Å²) in [5, 5.41) is 12.0. The van der Waals surface area contributed by atoms with E-state index in [0.29, 0.717) is 11.0 Å². The van der Waals surface area contributed by atoms with E-state index in [2.05, 4.69) is 20.5 Å². The van der Waals surface area contributed by atoms with E-state index >= 15 is 0 Å². The molecule has 0 saturated carbocycles. The van der Waals surface area contributed by atoms with E-state index in [-0.39, 0.29) is 5.91 Å². The van der Waals surface area contributed by atoms with Crippen molar-refractivity contribution in [2.45, 2.75) is 24.3 Å². The Bertz CT molecular complexity index is 1230. The molecule has 1 atom stereocenters. The number of hydrogen-bond donors (Lipinski definition) is 1. The first kappa shape index (κ1) is 21.6. The van der Waals surface area contributed by atoms with E-state index in [0.717, 1.165) is 28.3 Å². The summed E-state index contributed by atoms with van der Waals surface area (Å²) >= 11 is 1.35. The largest absolute Gasteiger partial charge is 0.497 e. The van der Waals surface area contributed by atoms with Crippen LogP contribution in [-0.2, 0) is 4.79 Å². The molecule has 4 rings (SSSR count). The molecular weight excluding hydrogens is 422 g/mol. The first-order valence-corrected chi connectivity index (χ1v) is 11.0. The quantitative estimate of drug-likeness (QED) is 0.413. The van der Waals surface area contributed by atoms with Crippen LogP contribution in [0.2, 0.25) is 0 Å². The van der Waals surface area contributed by atoms with Gasteiger partial charge in [-0.1, -0.05) is 36.0 Å². The van der Waals surface area contributed by atoms with Crippen molar-refractivity contribution in [3.05, 3.63) is 78.6 Å². The Kier molecular flexibility index (Phi) is 6.51. The highest BCUT2D eigenvalue weighted by Gasteiger charge is 2.22. The predicted octanol–water partition coefficient (Wildman–Crippen LogP) is 4.77. The molecule has 0 fully saturated rings. The van der Waals surface area contributed by atoms with Gasteiger partial charge in [0.2, 0.25) is 5.91 Å². The Morgan fingerprint density at radius 3 is 2.59 bits per heavy atom. The summed E-state index contributed by atoms with van der Waals surface area (Å²) in [4.78, 5) is 17.0. The van der Waals surface area contributed by atoms with Gasteiger partial charge in [0.15, 0.2) is 11.0 Å². The molecule has 2 aromatic carbocycles. The minimum Gasteiger partial charge on any atom is -0.497 e. The first-order chi connectivity index (χ1) is 15.6. The van der Waals surface area contributed by atoms with Gasteiger partial charge < -0.3 is 10.1 Å². The third-order valence-corrected chi connectivity index (χ3v) is 5.98. The number of para-hydroxylation sites is 1. The van der Waals surface area contributed by atoms with E-state index in [4.69, 9.17) is 4.74 Å². The van der Waals surface area contributed by atoms with Gasteiger partial charge in [-0.05, 0) is 49.7 Å². The number of aryl methyl sites for hydroxylation is 1. The minimum absolute atomic E-state index is 0.102. The van der Waals surface area contributed by atoms with Crippen LogP contribution in [0.3, 0.4) is 0 Å². The Morgan fingerprint density at radius 2 is 1.84 bits per heavy atom. The number of thioether (sulfide) groups is 1. The standard InChI is InChI=1S/C24H23N5O2S/c1-16-7-4-5-10-21(16)26-23(30)17(2)32-24-28-27-22(18-11-13-25-14-12-18)29(24)19-8-6-9-20(15-19)31-3/h4-15,17H,1-3H3,(H,26,30)/t17-/m1/s1. The summed E-state index contributed by atoms with van der Waals surface area (Å²) in [6.45, 7) is 3.82. The minimum atomic E-state index is -0.395. The number of ether oxygens (including phenoxy) is 1. The fraction of sp³-hybridized carbons (Fsp3) is 0.167. The molecule has 7 nitrogen and oxygen atoms in total. The van der Waals surface area contributed by atoms with Gasteiger partial charge in [0.05, 0.1) is 18.0 Å². The van der Waals surface area contributed by atoms with Gasteiger partial charge >= 0.3 is 0 Å². The summed E-state index contributed by atoms with van der Waals surface area (Å²) in [5.41, 5.74) is 3.53. The number of carbonyl (C=O) groups excluding carboxylic acids is 1. The van der Waals surface area contributed by atoms with Crippen LogP contribution >= 0.6 is 11.8 Å². The van der Waals surface area contributed by atoms with Crippen molar-refractivity contribution in [3.8, 4) is 22.8 Å². The van der Waals surface area contributed by atoms with Crippen LogP contribution in [0.25, 0.3) is 17.1 Å². The third-order valence-electron chi connectivity index (χ3n) is 4.94. The molecule has 0 unspecified atom stereocenters. The number of methoxy groups -OCH3 is 1. The van der Waals surface area contributed by atoms with E-state index < -0.39 is 5.25 Å². The second-order valence-corrected chi connectivity index (χ2v) is 8.45. The van der Waals surface area contributed by atoms with Gasteiger partial charge in [-0.25, -0.2) is 0 Å². The Morgan fingerprint density at radius 1 is 1.06 bits per heavy atom. The van der Waals surface area contributed by atoms with E-state index in [9.17, 15) is 4.79 Å². The van der Waals surface area contributed by atoms with Crippen LogP contribution in [0, 0.1) is 6.92 Å². The average Bonchev–Trinajstić information content (AvgIpc) is 3.24. The molecule has 8 heteroatoms. The Hall–Kier alpha value is -3.65. The monoisotopic (exact) mass is 445 g/mol. The number of pyridine rings is 1. The summed E-state index contributed by atoms with van der Waals surface area (Å²) in [7, 11) is 1.63. The number of hydrogen-bond acceptors (Lipinski definition) is 6. The van der Waals surface area contributed by atoms with Gasteiger partial charge in [-0.15, -0.1) is 10.2 Å². The van der Waals surface area contributed by atoms with E-state index in [1.807, 2.05) is 79.1 Å². The third kappa shape index (κ3) is 4.65. The molecule has 0 aliphatic heterocycles. The van der Waals surface area contributed by atoms with Crippen LogP contribution in [-0.4, -0.2) is 38.0 Å². The van der Waals surface area contributed by atoms with Crippen molar-refractivity contribution < 1.29 is 9.53 Å². The predicted molar refractivity (Wildman–Crippen MR) is 126 cm³/mol. The molecule has 0 aliphatic rings. The highest BCUT2D eigenvalue weighted by Crippen LogP contribution is 2.31. The molecule has 2 heterocycles. The van der Waals surface area contributed by atoms with Gasteiger partial charge in [0.25, 0.3) is 0 Å². The zero-order chi connectivity index (χ0) is 22.5. The van der Waals surface area contributed by atoms with Gasteiger partial charge in [-0.3, -0.25) is 14.3 Å². The van der Waals surface area contributed by atoms with Crippen molar-refractivity contribution in [2.24, 2.45) is 0 Å². The topological polar surface area (TPSA) is 81.9 Å². The molecule has 0 aliphatic carbocycles. The fourth-order valence-electron chi connectivity index (χ4n) is 3.18. The molecule has 162 valence electrons. The maximum atomic E-state index is 12.9. The van der Waals surface area contributed by atoms with E-state index in [1.54, 1.807) is 19.5 Å². The molecule has 0 radical (unpaired) electrons. The van der Waals surface area contributed by atoms with Crippen LogP contribution in [0.1, 0.15) is 12.5 Å². The highest BCUT2D eigenvalue weighted by molar-refractivity contribution is 8.00. The zero-order valence-corrected chi connectivity index (χ0v) is 18.8. The SMILES string of the molecule is COc1cccc(-n2c(S[C@H](C)C(=O)Nc3ccccc3C)nnc2-c2ccncc2)c1. The number of anilines is 1. The lowest BCUT2D eigenvalue weighted by molar-refractivity contribution is -0.115. The molecule has 1 amide bonds. The molecule has 4 aromatic rings. The number of aromatic nitrogens is 4. The number of nitrogens with one attached hydrogen (secondary N) is 1. The number of carbonyl (C=O) groups is 1. The van der Waals surface area contributed by atoms with Crippen LogP contribution in [0.4, 0.5) is 5.69 Å². The maximum Gasteiger partial charge on any atom is 0.237 e. The molecular formula is C24H23N5O2S. The van der Waals surface area contributed by atoms with Crippen LogP contribution in [0.5, 0.6) is 5.75 Å². The summed E-state index contributed by atoms with van der Waals surface area (Å²) in [6.07, 6.45) is 3.43. The van der Waals surface area contributed by atoms with Crippen molar-refractivity contribution in [3.63, 3.8) is 0 Å². The second-order valence-electron chi connectivity index (χ2n) is 7.14.